The molecule has 1 saturated carbocycles. The predicted molar refractivity (Wildman–Crippen MR) is 120 cm³/mol. The first-order valence-electron chi connectivity index (χ1n) is 10.6. The van der Waals surface area contributed by atoms with Crippen molar-refractivity contribution in [1.82, 2.24) is 10.2 Å². The quantitative estimate of drug-likeness (QED) is 0.629. The van der Waals surface area contributed by atoms with Gasteiger partial charge in [0.2, 0.25) is 5.91 Å². The maximum absolute atomic E-state index is 13.1. The molecule has 0 spiro atoms. The van der Waals surface area contributed by atoms with Gasteiger partial charge in [0.25, 0.3) is 5.91 Å². The molecular weight excluding hydrogens is 416 g/mol. The molecule has 31 heavy (non-hydrogen) atoms. The van der Waals surface area contributed by atoms with E-state index in [0.29, 0.717) is 16.5 Å². The van der Waals surface area contributed by atoms with Gasteiger partial charge in [0.15, 0.2) is 6.61 Å². The van der Waals surface area contributed by atoms with Crippen LogP contribution in [-0.2, 0) is 16.1 Å². The molecule has 0 bridgehead atoms. The second kappa shape index (κ2) is 11.0. The van der Waals surface area contributed by atoms with Gasteiger partial charge >= 0.3 is 0 Å². The van der Waals surface area contributed by atoms with Crippen molar-refractivity contribution >= 4 is 23.4 Å². The van der Waals surface area contributed by atoms with Gasteiger partial charge in [0.1, 0.15) is 17.5 Å². The Hall–Kier alpha value is -2.73. The summed E-state index contributed by atoms with van der Waals surface area (Å²) in [7, 11) is 1.59. The number of nitrogens with one attached hydrogen (secondary N) is 1. The van der Waals surface area contributed by atoms with Crippen LogP contribution in [0.2, 0.25) is 5.02 Å². The smallest absolute Gasteiger partial charge is 0.261 e. The van der Waals surface area contributed by atoms with Crippen LogP contribution in [0.3, 0.4) is 0 Å². The van der Waals surface area contributed by atoms with E-state index in [0.717, 1.165) is 31.2 Å². The first-order valence-corrected chi connectivity index (χ1v) is 11.0. The zero-order chi connectivity index (χ0) is 22.2. The minimum absolute atomic E-state index is 0.156. The lowest BCUT2D eigenvalue weighted by Gasteiger charge is -2.30. The number of ether oxygens (including phenoxy) is 2. The van der Waals surface area contributed by atoms with Crippen molar-refractivity contribution in [2.45, 2.75) is 51.2 Å². The molecule has 2 aromatic rings. The van der Waals surface area contributed by atoms with Crippen molar-refractivity contribution in [2.75, 3.05) is 13.7 Å². The number of nitrogens with zero attached hydrogens (tertiary/aromatic N) is 1. The number of hydrogen-bond acceptors (Lipinski definition) is 4. The lowest BCUT2D eigenvalue weighted by molar-refractivity contribution is -0.142. The number of benzene rings is 2. The molecule has 166 valence electrons. The Labute approximate surface area is 188 Å². The number of methoxy groups -OCH3 is 1. The Bertz CT molecular complexity index is 881. The highest BCUT2D eigenvalue weighted by molar-refractivity contribution is 6.31. The third kappa shape index (κ3) is 6.37. The summed E-state index contributed by atoms with van der Waals surface area (Å²) in [4.78, 5) is 27.5. The standard InChI is InChI=1S/C24H29ClN2O4/c1-17(24(29)26-19-8-4-5-9-19)27(15-18-7-3-6-10-22(18)25)23(28)16-31-21-13-11-20(30-2)12-14-21/h3,6-7,10-14,17,19H,4-5,8-9,15-16H2,1-2H3,(H,26,29)/t17-/m1/s1. The van der Waals surface area contributed by atoms with E-state index in [1.54, 1.807) is 44.4 Å². The summed E-state index contributed by atoms with van der Waals surface area (Å²) < 4.78 is 10.8. The van der Waals surface area contributed by atoms with Crippen molar-refractivity contribution < 1.29 is 19.1 Å². The van der Waals surface area contributed by atoms with E-state index in [9.17, 15) is 9.59 Å². The molecule has 1 fully saturated rings. The summed E-state index contributed by atoms with van der Waals surface area (Å²) in [6.07, 6.45) is 4.21. The van der Waals surface area contributed by atoms with E-state index in [1.807, 2.05) is 18.2 Å². The monoisotopic (exact) mass is 444 g/mol. The maximum Gasteiger partial charge on any atom is 0.261 e. The average Bonchev–Trinajstić information content (AvgIpc) is 3.30. The minimum atomic E-state index is -0.649. The van der Waals surface area contributed by atoms with E-state index in [2.05, 4.69) is 5.32 Å². The molecular formula is C24H29ClN2O4. The first-order chi connectivity index (χ1) is 15.0. The first kappa shape index (κ1) is 22.9. The van der Waals surface area contributed by atoms with Crippen LogP contribution >= 0.6 is 11.6 Å². The summed E-state index contributed by atoms with van der Waals surface area (Å²) in [5, 5.41) is 3.64. The molecule has 0 radical (unpaired) electrons. The third-order valence-electron chi connectivity index (χ3n) is 5.59. The van der Waals surface area contributed by atoms with Crippen molar-refractivity contribution in [3.8, 4) is 11.5 Å². The van der Waals surface area contributed by atoms with E-state index in [-0.39, 0.29) is 31.0 Å². The molecule has 3 rings (SSSR count). The minimum Gasteiger partial charge on any atom is -0.497 e. The molecule has 1 aliphatic rings. The van der Waals surface area contributed by atoms with Crippen LogP contribution in [0, 0.1) is 0 Å². The SMILES string of the molecule is COc1ccc(OCC(=O)N(Cc2ccccc2Cl)[C@H](C)C(=O)NC2CCCC2)cc1. The normalized spacial score (nSPS) is 14.7. The van der Waals surface area contributed by atoms with Gasteiger partial charge in [-0.2, -0.15) is 0 Å². The molecule has 1 N–H and O–H groups in total. The van der Waals surface area contributed by atoms with Crippen molar-refractivity contribution in [3.05, 3.63) is 59.1 Å². The molecule has 1 atom stereocenters. The Morgan fingerprint density at radius 1 is 1.10 bits per heavy atom. The Morgan fingerprint density at radius 3 is 2.39 bits per heavy atom. The van der Waals surface area contributed by atoms with Crippen molar-refractivity contribution in [3.63, 3.8) is 0 Å². The van der Waals surface area contributed by atoms with Crippen LogP contribution < -0.4 is 14.8 Å². The summed E-state index contributed by atoms with van der Waals surface area (Å²) in [5.41, 5.74) is 0.780. The number of carbonyl (C=O) groups is 2. The van der Waals surface area contributed by atoms with E-state index >= 15 is 0 Å². The lowest BCUT2D eigenvalue weighted by Crippen LogP contribution is -2.50. The van der Waals surface area contributed by atoms with Crippen molar-refractivity contribution in [2.24, 2.45) is 0 Å². The molecule has 0 unspecified atom stereocenters. The van der Waals surface area contributed by atoms with Gasteiger partial charge in [-0.05, 0) is 55.7 Å². The highest BCUT2D eigenvalue weighted by Crippen LogP contribution is 2.21. The van der Waals surface area contributed by atoms with E-state index in [1.165, 1.54) is 4.90 Å². The maximum atomic E-state index is 13.1. The number of amides is 2. The second-order valence-corrected chi connectivity index (χ2v) is 8.15. The number of halogens is 1. The third-order valence-corrected chi connectivity index (χ3v) is 5.96. The van der Waals surface area contributed by atoms with Crippen LogP contribution in [-0.4, -0.2) is 42.5 Å². The van der Waals surface area contributed by atoms with Crippen LogP contribution in [0.1, 0.15) is 38.2 Å². The molecule has 2 aromatic carbocycles. The van der Waals surface area contributed by atoms with Gasteiger partial charge in [-0.25, -0.2) is 0 Å². The molecule has 2 amide bonds. The largest absolute Gasteiger partial charge is 0.497 e. The van der Waals surface area contributed by atoms with Crippen molar-refractivity contribution in [1.29, 1.82) is 0 Å². The lowest BCUT2D eigenvalue weighted by atomic mass is 10.1. The highest BCUT2D eigenvalue weighted by Gasteiger charge is 2.29. The topological polar surface area (TPSA) is 67.9 Å². The van der Waals surface area contributed by atoms with Gasteiger partial charge < -0.3 is 19.7 Å². The number of carbonyl (C=O) groups excluding carboxylic acids is 2. The van der Waals surface area contributed by atoms with E-state index < -0.39 is 6.04 Å². The Balaban J connectivity index is 1.70. The van der Waals surface area contributed by atoms with Gasteiger partial charge in [-0.3, -0.25) is 9.59 Å². The molecule has 6 nitrogen and oxygen atoms in total. The van der Waals surface area contributed by atoms with Gasteiger partial charge in [-0.1, -0.05) is 42.6 Å². The predicted octanol–water partition coefficient (Wildman–Crippen LogP) is 4.20. The fourth-order valence-electron chi connectivity index (χ4n) is 3.68. The van der Waals surface area contributed by atoms with Crippen LogP contribution in [0.15, 0.2) is 48.5 Å². The molecule has 0 saturated heterocycles. The van der Waals surface area contributed by atoms with E-state index in [4.69, 9.17) is 21.1 Å². The van der Waals surface area contributed by atoms with Crippen LogP contribution in [0.4, 0.5) is 0 Å². The van der Waals surface area contributed by atoms with Crippen LogP contribution in [0.25, 0.3) is 0 Å². The zero-order valence-electron chi connectivity index (χ0n) is 18.0. The fourth-order valence-corrected chi connectivity index (χ4v) is 3.88. The summed E-state index contributed by atoms with van der Waals surface area (Å²) >= 11 is 6.31. The van der Waals surface area contributed by atoms with Gasteiger partial charge in [-0.15, -0.1) is 0 Å². The fraction of sp³-hybridized carbons (Fsp3) is 0.417. The van der Waals surface area contributed by atoms with Crippen LogP contribution in [0.5, 0.6) is 11.5 Å². The number of hydrogen-bond donors (Lipinski definition) is 1. The Morgan fingerprint density at radius 2 is 1.74 bits per heavy atom. The van der Waals surface area contributed by atoms with Gasteiger partial charge in [0, 0.05) is 17.6 Å². The zero-order valence-corrected chi connectivity index (χ0v) is 18.7. The summed E-state index contributed by atoms with van der Waals surface area (Å²) in [5.74, 6) is 0.813. The Kier molecular flexibility index (Phi) is 8.18. The summed E-state index contributed by atoms with van der Waals surface area (Å²) in [6, 6.07) is 13.9. The molecule has 7 heteroatoms. The molecule has 0 aromatic heterocycles. The van der Waals surface area contributed by atoms with Gasteiger partial charge in [0.05, 0.1) is 7.11 Å². The molecule has 1 aliphatic carbocycles. The average molecular weight is 445 g/mol. The summed E-state index contributed by atoms with van der Waals surface area (Å²) in [6.45, 7) is 1.79. The molecule has 0 heterocycles. The second-order valence-electron chi connectivity index (χ2n) is 7.74. The number of rotatable bonds is 9. The molecule has 0 aliphatic heterocycles. The highest BCUT2D eigenvalue weighted by atomic mass is 35.5.